The molecule has 0 fully saturated rings. The number of unbranched alkanes of at least 4 members (excludes halogenated alkanes) is 5. The molecule has 0 heterocycles. The lowest BCUT2D eigenvalue weighted by Crippen LogP contribution is -2.25. The molecular weight excluding hydrogens is 328 g/mol. The van der Waals surface area contributed by atoms with Gasteiger partial charge in [0.05, 0.1) is 6.42 Å². The second kappa shape index (κ2) is 7.77. The van der Waals surface area contributed by atoms with Crippen molar-refractivity contribution in [2.24, 2.45) is 0 Å². The molecule has 0 rings (SSSR count). The summed E-state index contributed by atoms with van der Waals surface area (Å²) in [5.74, 6) is 0. The molecule has 4 heteroatoms. The Kier molecular flexibility index (Phi) is 8.02. The highest BCUT2D eigenvalue weighted by atomic mass is 127. The number of alkyl halides is 4. The Bertz CT molecular complexity index is 176. The van der Waals surface area contributed by atoms with Crippen LogP contribution in [0.3, 0.4) is 0 Å². The quantitative estimate of drug-likeness (QED) is 0.291. The first kappa shape index (κ1) is 16.5. The SMILES string of the molecule is CCCCCCCCC(C)(I)CC(F)(F)F. The van der Waals surface area contributed by atoms with Crippen molar-refractivity contribution in [1.29, 1.82) is 0 Å². The molecule has 0 aliphatic rings. The first-order valence-corrected chi connectivity index (χ1v) is 7.10. The van der Waals surface area contributed by atoms with Crippen molar-refractivity contribution in [2.75, 3.05) is 0 Å². The lowest BCUT2D eigenvalue weighted by molar-refractivity contribution is -0.139. The fourth-order valence-electron chi connectivity index (χ4n) is 1.78. The molecule has 0 nitrogen and oxygen atoms in total. The molecule has 1 unspecified atom stereocenters. The molecule has 0 saturated carbocycles. The lowest BCUT2D eigenvalue weighted by atomic mass is 9.98. The van der Waals surface area contributed by atoms with Gasteiger partial charge in [-0.2, -0.15) is 13.2 Å². The summed E-state index contributed by atoms with van der Waals surface area (Å²) in [7, 11) is 0. The largest absolute Gasteiger partial charge is 0.390 e. The summed E-state index contributed by atoms with van der Waals surface area (Å²) in [6.07, 6.45) is 2.77. The molecule has 0 aromatic carbocycles. The van der Waals surface area contributed by atoms with Gasteiger partial charge in [-0.3, -0.25) is 0 Å². The van der Waals surface area contributed by atoms with Gasteiger partial charge in [0, 0.05) is 3.42 Å². The van der Waals surface area contributed by atoms with Crippen molar-refractivity contribution in [3.05, 3.63) is 0 Å². The van der Waals surface area contributed by atoms with Crippen LogP contribution in [0.1, 0.15) is 65.2 Å². The molecule has 16 heavy (non-hydrogen) atoms. The molecule has 0 radical (unpaired) electrons. The van der Waals surface area contributed by atoms with Gasteiger partial charge in [-0.05, 0) is 6.42 Å². The average Bonchev–Trinajstić information content (AvgIpc) is 2.06. The van der Waals surface area contributed by atoms with Gasteiger partial charge < -0.3 is 0 Å². The van der Waals surface area contributed by atoms with Crippen LogP contribution in [0.15, 0.2) is 0 Å². The van der Waals surface area contributed by atoms with E-state index < -0.39 is 16.0 Å². The summed E-state index contributed by atoms with van der Waals surface area (Å²) in [6.45, 7) is 3.86. The molecule has 0 aliphatic carbocycles. The molecule has 98 valence electrons. The zero-order valence-electron chi connectivity index (χ0n) is 10.2. The zero-order chi connectivity index (χ0) is 12.7. The van der Waals surface area contributed by atoms with E-state index in [1.54, 1.807) is 6.92 Å². The Morgan fingerprint density at radius 3 is 1.94 bits per heavy atom. The molecule has 0 saturated heterocycles. The van der Waals surface area contributed by atoms with E-state index in [9.17, 15) is 13.2 Å². The van der Waals surface area contributed by atoms with Crippen LogP contribution in [0.5, 0.6) is 0 Å². The van der Waals surface area contributed by atoms with E-state index in [1.165, 1.54) is 19.3 Å². The molecule has 0 bridgehead atoms. The lowest BCUT2D eigenvalue weighted by Gasteiger charge is -2.23. The van der Waals surface area contributed by atoms with Crippen LogP contribution in [0.4, 0.5) is 13.2 Å². The van der Waals surface area contributed by atoms with Crippen LogP contribution in [0.2, 0.25) is 0 Å². The van der Waals surface area contributed by atoms with Crippen LogP contribution in [-0.4, -0.2) is 9.60 Å². The van der Waals surface area contributed by atoms with Gasteiger partial charge in [-0.1, -0.05) is 75.0 Å². The predicted molar refractivity (Wildman–Crippen MR) is 71.1 cm³/mol. The summed E-state index contributed by atoms with van der Waals surface area (Å²) in [4.78, 5) is 0. The van der Waals surface area contributed by atoms with Gasteiger partial charge in [0.25, 0.3) is 0 Å². The highest BCUT2D eigenvalue weighted by Gasteiger charge is 2.37. The topological polar surface area (TPSA) is 0 Å². The van der Waals surface area contributed by atoms with Crippen LogP contribution in [0.25, 0.3) is 0 Å². The van der Waals surface area contributed by atoms with E-state index >= 15 is 0 Å². The van der Waals surface area contributed by atoms with Crippen molar-refractivity contribution < 1.29 is 13.2 Å². The smallest absolute Gasteiger partial charge is 0.171 e. The van der Waals surface area contributed by atoms with E-state index in [2.05, 4.69) is 6.92 Å². The first-order chi connectivity index (χ1) is 7.27. The van der Waals surface area contributed by atoms with Crippen LogP contribution in [0, 0.1) is 0 Å². The van der Waals surface area contributed by atoms with E-state index in [1.807, 2.05) is 22.6 Å². The van der Waals surface area contributed by atoms with Crippen LogP contribution >= 0.6 is 22.6 Å². The molecule has 0 N–H and O–H groups in total. The third-order valence-corrected chi connectivity index (χ3v) is 3.54. The fourth-order valence-corrected chi connectivity index (χ4v) is 2.59. The minimum Gasteiger partial charge on any atom is -0.171 e. The predicted octanol–water partition coefficient (Wildman–Crippen LogP) is 5.88. The van der Waals surface area contributed by atoms with E-state index in [-0.39, 0.29) is 0 Å². The Morgan fingerprint density at radius 2 is 1.44 bits per heavy atom. The van der Waals surface area contributed by atoms with Gasteiger partial charge in [-0.15, -0.1) is 0 Å². The maximum Gasteiger partial charge on any atom is 0.390 e. The van der Waals surface area contributed by atoms with Crippen molar-refractivity contribution in [1.82, 2.24) is 0 Å². The number of rotatable bonds is 8. The number of halogens is 4. The van der Waals surface area contributed by atoms with Gasteiger partial charge in [0.2, 0.25) is 0 Å². The van der Waals surface area contributed by atoms with Crippen LogP contribution in [-0.2, 0) is 0 Å². The van der Waals surface area contributed by atoms with Crippen LogP contribution < -0.4 is 0 Å². The second-order valence-corrected chi connectivity index (χ2v) is 7.33. The van der Waals surface area contributed by atoms with Crippen molar-refractivity contribution >= 4 is 22.6 Å². The summed E-state index contributed by atoms with van der Waals surface area (Å²) in [6, 6.07) is 0. The average molecular weight is 350 g/mol. The summed E-state index contributed by atoms with van der Waals surface area (Å²) >= 11 is 1.95. The Morgan fingerprint density at radius 1 is 0.938 bits per heavy atom. The standard InChI is InChI=1S/C12H22F3I/c1-3-4-5-6-7-8-9-11(2,16)10-12(13,14)15/h3-10H2,1-2H3. The Hall–Kier alpha value is 0.520. The van der Waals surface area contributed by atoms with E-state index in [0.29, 0.717) is 6.42 Å². The van der Waals surface area contributed by atoms with Crippen molar-refractivity contribution in [3.63, 3.8) is 0 Å². The van der Waals surface area contributed by atoms with Crippen molar-refractivity contribution in [3.8, 4) is 0 Å². The Labute approximate surface area is 111 Å². The van der Waals surface area contributed by atoms with E-state index in [0.717, 1.165) is 19.3 Å². The third kappa shape index (κ3) is 11.0. The summed E-state index contributed by atoms with van der Waals surface area (Å²) in [5, 5.41) is 0. The van der Waals surface area contributed by atoms with Gasteiger partial charge in [0.15, 0.2) is 0 Å². The Balaban J connectivity index is 3.58. The molecule has 1 atom stereocenters. The maximum absolute atomic E-state index is 12.2. The molecular formula is C12H22F3I. The highest BCUT2D eigenvalue weighted by Crippen LogP contribution is 2.37. The van der Waals surface area contributed by atoms with Gasteiger partial charge in [-0.25, -0.2) is 0 Å². The number of hydrogen-bond donors (Lipinski definition) is 0. The first-order valence-electron chi connectivity index (χ1n) is 6.02. The third-order valence-electron chi connectivity index (χ3n) is 2.62. The zero-order valence-corrected chi connectivity index (χ0v) is 12.3. The van der Waals surface area contributed by atoms with Gasteiger partial charge >= 0.3 is 6.18 Å². The molecule has 0 aromatic heterocycles. The minimum absolute atomic E-state index is 0.624. The minimum atomic E-state index is -4.03. The molecule has 0 spiro atoms. The van der Waals surface area contributed by atoms with Gasteiger partial charge in [0.1, 0.15) is 0 Å². The summed E-state index contributed by atoms with van der Waals surface area (Å²) < 4.78 is 36.0. The highest BCUT2D eigenvalue weighted by molar-refractivity contribution is 14.1. The number of hydrogen-bond acceptors (Lipinski definition) is 0. The van der Waals surface area contributed by atoms with Crippen molar-refractivity contribution in [2.45, 2.75) is 74.8 Å². The molecule has 0 aliphatic heterocycles. The molecule has 0 aromatic rings. The molecule has 0 amide bonds. The normalized spacial score (nSPS) is 16.1. The monoisotopic (exact) mass is 350 g/mol. The van der Waals surface area contributed by atoms with E-state index in [4.69, 9.17) is 0 Å². The summed E-state index contributed by atoms with van der Waals surface area (Å²) in [5.41, 5.74) is 0. The maximum atomic E-state index is 12.2. The fraction of sp³-hybridized carbons (Fsp3) is 1.00. The second-order valence-electron chi connectivity index (χ2n) is 4.72.